The van der Waals surface area contributed by atoms with Crippen LogP contribution >= 0.6 is 0 Å². The maximum atomic E-state index is 8.83. The van der Waals surface area contributed by atoms with Crippen molar-refractivity contribution in [3.63, 3.8) is 0 Å². The average molecular weight is 271 g/mol. The third-order valence-electron chi connectivity index (χ3n) is 3.73. The van der Waals surface area contributed by atoms with Crippen molar-refractivity contribution >= 4 is 22.3 Å². The molecule has 0 aliphatic carbocycles. The molecule has 2 heterocycles. The minimum absolute atomic E-state index is 0.776. The molecular formula is C15H17N3O2. The second-order valence-corrected chi connectivity index (χ2v) is 4.87. The van der Waals surface area contributed by atoms with Crippen molar-refractivity contribution in [3.8, 4) is 5.75 Å². The molecule has 0 saturated carbocycles. The standard InChI is InChI=1S/C15H17N3O2/c1-20-13-3-2-11-4-7-16-15(14(11)10-13)18-8-5-12(17-19)6-9-18/h2-4,7,10,19H,5-6,8-9H2,1H3. The number of pyridine rings is 1. The molecule has 1 aromatic heterocycles. The number of ether oxygens (including phenoxy) is 1. The molecule has 1 aliphatic heterocycles. The lowest BCUT2D eigenvalue weighted by Gasteiger charge is -2.29. The number of nitrogens with zero attached hydrogens (tertiary/aromatic N) is 3. The Morgan fingerprint density at radius 1 is 1.25 bits per heavy atom. The van der Waals surface area contributed by atoms with E-state index in [1.165, 1.54) is 0 Å². The first-order chi connectivity index (χ1) is 9.81. The molecular weight excluding hydrogens is 254 g/mol. The molecule has 3 rings (SSSR count). The molecule has 1 fully saturated rings. The number of hydrogen-bond acceptors (Lipinski definition) is 5. The zero-order valence-electron chi connectivity index (χ0n) is 11.4. The lowest BCUT2D eigenvalue weighted by Crippen LogP contribution is -2.34. The summed E-state index contributed by atoms with van der Waals surface area (Å²) in [6, 6.07) is 8.03. The summed E-state index contributed by atoms with van der Waals surface area (Å²) in [4.78, 5) is 6.76. The van der Waals surface area contributed by atoms with Crippen LogP contribution in [0.1, 0.15) is 12.8 Å². The van der Waals surface area contributed by atoms with Gasteiger partial charge in [-0.15, -0.1) is 0 Å². The number of rotatable bonds is 2. The fourth-order valence-corrected chi connectivity index (χ4v) is 2.59. The Labute approximate surface area is 117 Å². The minimum atomic E-state index is 0.776. The number of anilines is 1. The second kappa shape index (κ2) is 5.36. The summed E-state index contributed by atoms with van der Waals surface area (Å²) in [7, 11) is 1.67. The first-order valence-corrected chi connectivity index (χ1v) is 6.69. The quantitative estimate of drug-likeness (QED) is 0.674. The zero-order valence-corrected chi connectivity index (χ0v) is 11.4. The third-order valence-corrected chi connectivity index (χ3v) is 3.73. The molecule has 1 N–H and O–H groups in total. The molecule has 104 valence electrons. The summed E-state index contributed by atoms with van der Waals surface area (Å²) in [6.45, 7) is 1.64. The molecule has 0 spiro atoms. The first-order valence-electron chi connectivity index (χ1n) is 6.69. The Morgan fingerprint density at radius 2 is 2.05 bits per heavy atom. The van der Waals surface area contributed by atoms with Crippen LogP contribution in [0.5, 0.6) is 5.75 Å². The molecule has 0 radical (unpaired) electrons. The van der Waals surface area contributed by atoms with Crippen molar-refractivity contribution in [2.75, 3.05) is 25.1 Å². The maximum absolute atomic E-state index is 8.83. The summed E-state index contributed by atoms with van der Waals surface area (Å²) >= 11 is 0. The van der Waals surface area contributed by atoms with Crippen LogP contribution in [0.4, 0.5) is 5.82 Å². The number of hydrogen-bond donors (Lipinski definition) is 1. The summed E-state index contributed by atoms with van der Waals surface area (Å²) < 4.78 is 5.30. The molecule has 5 heteroatoms. The van der Waals surface area contributed by atoms with Gasteiger partial charge in [0.15, 0.2) is 0 Å². The second-order valence-electron chi connectivity index (χ2n) is 4.87. The summed E-state index contributed by atoms with van der Waals surface area (Å²) in [5.41, 5.74) is 0.860. The van der Waals surface area contributed by atoms with Gasteiger partial charge in [0.2, 0.25) is 0 Å². The molecule has 1 saturated heterocycles. The van der Waals surface area contributed by atoms with E-state index in [0.717, 1.165) is 54.0 Å². The van der Waals surface area contributed by atoms with Crippen molar-refractivity contribution in [1.29, 1.82) is 0 Å². The topological polar surface area (TPSA) is 58.0 Å². The Morgan fingerprint density at radius 3 is 2.75 bits per heavy atom. The normalized spacial score (nSPS) is 15.4. The van der Waals surface area contributed by atoms with Gasteiger partial charge in [-0.05, 0) is 23.6 Å². The van der Waals surface area contributed by atoms with Crippen molar-refractivity contribution < 1.29 is 9.94 Å². The van der Waals surface area contributed by atoms with Crippen molar-refractivity contribution in [2.24, 2.45) is 5.16 Å². The Hall–Kier alpha value is -2.30. The van der Waals surface area contributed by atoms with Gasteiger partial charge >= 0.3 is 0 Å². The molecule has 0 atom stereocenters. The summed E-state index contributed by atoms with van der Waals surface area (Å²) in [6.07, 6.45) is 3.39. The van der Waals surface area contributed by atoms with Gasteiger partial charge in [0.25, 0.3) is 0 Å². The lowest BCUT2D eigenvalue weighted by molar-refractivity contribution is 0.315. The van der Waals surface area contributed by atoms with Gasteiger partial charge in [-0.25, -0.2) is 4.98 Å². The summed E-state index contributed by atoms with van der Waals surface area (Å²) in [5, 5.41) is 14.4. The van der Waals surface area contributed by atoms with Gasteiger partial charge in [-0.1, -0.05) is 11.2 Å². The monoisotopic (exact) mass is 271 g/mol. The molecule has 5 nitrogen and oxygen atoms in total. The largest absolute Gasteiger partial charge is 0.497 e. The highest BCUT2D eigenvalue weighted by molar-refractivity contribution is 5.94. The van der Waals surface area contributed by atoms with E-state index in [4.69, 9.17) is 9.94 Å². The van der Waals surface area contributed by atoms with Gasteiger partial charge in [0.1, 0.15) is 11.6 Å². The number of piperidine rings is 1. The highest BCUT2D eigenvalue weighted by atomic mass is 16.5. The van der Waals surface area contributed by atoms with Gasteiger partial charge in [0, 0.05) is 37.5 Å². The van der Waals surface area contributed by atoms with E-state index in [2.05, 4.69) is 15.0 Å². The van der Waals surface area contributed by atoms with Crippen molar-refractivity contribution in [3.05, 3.63) is 30.5 Å². The van der Waals surface area contributed by atoms with Crippen LogP contribution in [-0.4, -0.2) is 36.1 Å². The minimum Gasteiger partial charge on any atom is -0.497 e. The van der Waals surface area contributed by atoms with E-state index in [1.807, 2.05) is 30.5 Å². The Balaban J connectivity index is 1.98. The van der Waals surface area contributed by atoms with E-state index in [0.29, 0.717) is 0 Å². The SMILES string of the molecule is COc1ccc2ccnc(N3CCC(=NO)CC3)c2c1. The Bertz CT molecular complexity index is 645. The number of benzene rings is 1. The number of oxime groups is 1. The lowest BCUT2D eigenvalue weighted by atomic mass is 10.1. The predicted octanol–water partition coefficient (Wildman–Crippen LogP) is 2.67. The molecule has 0 unspecified atom stereocenters. The fraction of sp³-hybridized carbons (Fsp3) is 0.333. The average Bonchev–Trinajstić information content (AvgIpc) is 2.54. The number of methoxy groups -OCH3 is 1. The maximum Gasteiger partial charge on any atom is 0.136 e. The van der Waals surface area contributed by atoms with Crippen LogP contribution in [0, 0.1) is 0 Å². The van der Waals surface area contributed by atoms with Crippen LogP contribution in [-0.2, 0) is 0 Å². The smallest absolute Gasteiger partial charge is 0.136 e. The van der Waals surface area contributed by atoms with Gasteiger partial charge in [0.05, 0.1) is 12.8 Å². The molecule has 1 aromatic carbocycles. The van der Waals surface area contributed by atoms with Crippen molar-refractivity contribution in [2.45, 2.75) is 12.8 Å². The predicted molar refractivity (Wildman–Crippen MR) is 79.0 cm³/mol. The highest BCUT2D eigenvalue weighted by Gasteiger charge is 2.18. The molecule has 0 bridgehead atoms. The van der Waals surface area contributed by atoms with Crippen LogP contribution in [0.25, 0.3) is 10.8 Å². The van der Waals surface area contributed by atoms with Crippen LogP contribution in [0.15, 0.2) is 35.6 Å². The van der Waals surface area contributed by atoms with Gasteiger partial charge in [-0.3, -0.25) is 0 Å². The first kappa shape index (κ1) is 12.7. The Kier molecular flexibility index (Phi) is 3.41. The van der Waals surface area contributed by atoms with Gasteiger partial charge in [-0.2, -0.15) is 0 Å². The van der Waals surface area contributed by atoms with Crippen LogP contribution < -0.4 is 9.64 Å². The number of aromatic nitrogens is 1. The van der Waals surface area contributed by atoms with E-state index >= 15 is 0 Å². The number of fused-ring (bicyclic) bond motifs is 1. The zero-order chi connectivity index (χ0) is 13.9. The van der Waals surface area contributed by atoms with E-state index in [1.54, 1.807) is 7.11 Å². The fourth-order valence-electron chi connectivity index (χ4n) is 2.59. The van der Waals surface area contributed by atoms with E-state index in [-0.39, 0.29) is 0 Å². The third kappa shape index (κ3) is 2.27. The van der Waals surface area contributed by atoms with Crippen molar-refractivity contribution in [1.82, 2.24) is 4.98 Å². The van der Waals surface area contributed by atoms with Crippen LogP contribution in [0.3, 0.4) is 0 Å². The highest BCUT2D eigenvalue weighted by Crippen LogP contribution is 2.29. The summed E-state index contributed by atoms with van der Waals surface area (Å²) in [5.74, 6) is 1.81. The van der Waals surface area contributed by atoms with E-state index in [9.17, 15) is 0 Å². The molecule has 1 aliphatic rings. The van der Waals surface area contributed by atoms with Crippen LogP contribution in [0.2, 0.25) is 0 Å². The van der Waals surface area contributed by atoms with E-state index < -0.39 is 0 Å². The molecule has 0 amide bonds. The van der Waals surface area contributed by atoms with Gasteiger partial charge < -0.3 is 14.8 Å². The molecule has 2 aromatic rings. The molecule has 20 heavy (non-hydrogen) atoms.